The number of halogens is 1. The summed E-state index contributed by atoms with van der Waals surface area (Å²) in [5.74, 6) is 0.676. The molecule has 110 valence electrons. The molecule has 3 rings (SSSR count). The number of nitrogens with zero attached hydrogens (tertiary/aromatic N) is 4. The standard InChI is InChI=1S/C14H16ClN5O/c15-14-17-7-11(12-5-6-16-8-18-12)13(20-14)19-9-1-3-10(21)4-2-9/h5-10,21H,1-4H2,(H,17,19,20). The lowest BCUT2D eigenvalue weighted by Gasteiger charge is -2.27. The second-order valence-electron chi connectivity index (χ2n) is 5.15. The molecule has 6 nitrogen and oxygen atoms in total. The van der Waals surface area contributed by atoms with Crippen molar-refractivity contribution in [3.63, 3.8) is 0 Å². The van der Waals surface area contributed by atoms with Crippen LogP contribution in [-0.4, -0.2) is 37.2 Å². The van der Waals surface area contributed by atoms with E-state index in [9.17, 15) is 5.11 Å². The molecule has 21 heavy (non-hydrogen) atoms. The number of aromatic nitrogens is 4. The van der Waals surface area contributed by atoms with Crippen molar-refractivity contribution in [2.45, 2.75) is 37.8 Å². The van der Waals surface area contributed by atoms with Crippen LogP contribution in [0, 0.1) is 0 Å². The molecular weight excluding hydrogens is 290 g/mol. The lowest BCUT2D eigenvalue weighted by atomic mass is 9.93. The maximum Gasteiger partial charge on any atom is 0.224 e. The van der Waals surface area contributed by atoms with Crippen LogP contribution in [0.25, 0.3) is 11.3 Å². The Morgan fingerprint density at radius 1 is 1.19 bits per heavy atom. The van der Waals surface area contributed by atoms with Crippen LogP contribution in [-0.2, 0) is 0 Å². The molecule has 1 saturated carbocycles. The summed E-state index contributed by atoms with van der Waals surface area (Å²) in [6.45, 7) is 0. The van der Waals surface area contributed by atoms with E-state index in [2.05, 4.69) is 25.3 Å². The van der Waals surface area contributed by atoms with Crippen molar-refractivity contribution in [1.29, 1.82) is 0 Å². The SMILES string of the molecule is OC1CCC(Nc2nc(Cl)ncc2-c2ccncn2)CC1. The molecule has 0 radical (unpaired) electrons. The van der Waals surface area contributed by atoms with Gasteiger partial charge in [0.2, 0.25) is 5.28 Å². The van der Waals surface area contributed by atoms with E-state index in [1.54, 1.807) is 12.4 Å². The van der Waals surface area contributed by atoms with Gasteiger partial charge in [0.05, 0.1) is 17.4 Å². The molecule has 0 aromatic carbocycles. The Bertz CT molecular complexity index is 602. The molecule has 0 aliphatic heterocycles. The Hall–Kier alpha value is -1.79. The van der Waals surface area contributed by atoms with Crippen molar-refractivity contribution < 1.29 is 5.11 Å². The fraction of sp³-hybridized carbons (Fsp3) is 0.429. The molecule has 2 heterocycles. The van der Waals surface area contributed by atoms with Crippen molar-refractivity contribution in [2.24, 2.45) is 0 Å². The fourth-order valence-electron chi connectivity index (χ4n) is 2.52. The minimum absolute atomic E-state index is 0.182. The summed E-state index contributed by atoms with van der Waals surface area (Å²) >= 11 is 5.91. The van der Waals surface area contributed by atoms with Crippen LogP contribution in [0.1, 0.15) is 25.7 Å². The van der Waals surface area contributed by atoms with Crippen LogP contribution in [0.3, 0.4) is 0 Å². The number of anilines is 1. The van der Waals surface area contributed by atoms with Crippen molar-refractivity contribution in [1.82, 2.24) is 19.9 Å². The van der Waals surface area contributed by atoms with Gasteiger partial charge >= 0.3 is 0 Å². The van der Waals surface area contributed by atoms with Crippen LogP contribution >= 0.6 is 11.6 Å². The normalized spacial score (nSPS) is 22.0. The second kappa shape index (κ2) is 6.32. The van der Waals surface area contributed by atoms with Crippen LogP contribution in [0.5, 0.6) is 0 Å². The maximum atomic E-state index is 9.58. The van der Waals surface area contributed by atoms with Gasteiger partial charge in [-0.1, -0.05) is 0 Å². The minimum atomic E-state index is -0.182. The molecule has 2 N–H and O–H groups in total. The molecule has 0 spiro atoms. The monoisotopic (exact) mass is 305 g/mol. The molecule has 0 unspecified atom stereocenters. The molecule has 0 bridgehead atoms. The highest BCUT2D eigenvalue weighted by Gasteiger charge is 2.21. The first kappa shape index (κ1) is 14.2. The Balaban J connectivity index is 1.85. The quantitative estimate of drug-likeness (QED) is 0.847. The van der Waals surface area contributed by atoms with Gasteiger partial charge in [-0.3, -0.25) is 0 Å². The van der Waals surface area contributed by atoms with Gasteiger partial charge < -0.3 is 10.4 Å². The number of rotatable bonds is 3. The minimum Gasteiger partial charge on any atom is -0.393 e. The molecule has 1 aliphatic rings. The van der Waals surface area contributed by atoms with Crippen molar-refractivity contribution in [3.05, 3.63) is 30.1 Å². The van der Waals surface area contributed by atoms with Crippen LogP contribution in [0.15, 0.2) is 24.8 Å². The third-order valence-corrected chi connectivity index (χ3v) is 3.84. The maximum absolute atomic E-state index is 9.58. The van der Waals surface area contributed by atoms with Gasteiger partial charge in [0.25, 0.3) is 0 Å². The number of aliphatic hydroxyl groups is 1. The van der Waals surface area contributed by atoms with Gasteiger partial charge in [-0.25, -0.2) is 19.9 Å². The van der Waals surface area contributed by atoms with Crippen molar-refractivity contribution in [3.8, 4) is 11.3 Å². The molecule has 7 heteroatoms. The summed E-state index contributed by atoms with van der Waals surface area (Å²) in [5, 5.41) is 13.2. The largest absolute Gasteiger partial charge is 0.393 e. The molecular formula is C14H16ClN5O. The Morgan fingerprint density at radius 3 is 2.71 bits per heavy atom. The van der Waals surface area contributed by atoms with E-state index in [1.807, 2.05) is 6.07 Å². The Kier molecular flexibility index (Phi) is 4.26. The van der Waals surface area contributed by atoms with Gasteiger partial charge in [-0.2, -0.15) is 0 Å². The topological polar surface area (TPSA) is 83.8 Å². The van der Waals surface area contributed by atoms with Gasteiger partial charge in [0.1, 0.15) is 12.1 Å². The average Bonchev–Trinajstić information content (AvgIpc) is 2.51. The zero-order chi connectivity index (χ0) is 14.7. The molecule has 0 saturated heterocycles. The summed E-state index contributed by atoms with van der Waals surface area (Å²) in [6.07, 6.45) is 8.08. The first-order chi connectivity index (χ1) is 10.2. The predicted octanol–water partition coefficient (Wildman–Crippen LogP) is 2.30. The molecule has 1 aliphatic carbocycles. The Morgan fingerprint density at radius 2 is 2.00 bits per heavy atom. The van der Waals surface area contributed by atoms with Crippen LogP contribution < -0.4 is 5.32 Å². The number of hydrogen-bond acceptors (Lipinski definition) is 6. The van der Waals surface area contributed by atoms with Crippen LogP contribution in [0.2, 0.25) is 5.28 Å². The lowest BCUT2D eigenvalue weighted by molar-refractivity contribution is 0.126. The number of hydrogen-bond donors (Lipinski definition) is 2. The summed E-state index contributed by atoms with van der Waals surface area (Å²) < 4.78 is 0. The number of nitrogens with one attached hydrogen (secondary N) is 1. The van der Waals surface area contributed by atoms with E-state index in [1.165, 1.54) is 6.33 Å². The summed E-state index contributed by atoms with van der Waals surface area (Å²) in [6, 6.07) is 2.09. The first-order valence-electron chi connectivity index (χ1n) is 6.96. The summed E-state index contributed by atoms with van der Waals surface area (Å²) in [4.78, 5) is 16.5. The fourth-order valence-corrected chi connectivity index (χ4v) is 2.65. The molecule has 2 aromatic rings. The molecule has 1 fully saturated rings. The smallest absolute Gasteiger partial charge is 0.224 e. The average molecular weight is 306 g/mol. The summed E-state index contributed by atoms with van der Waals surface area (Å²) in [7, 11) is 0. The van der Waals surface area contributed by atoms with E-state index in [0.717, 1.165) is 36.9 Å². The first-order valence-corrected chi connectivity index (χ1v) is 7.33. The van der Waals surface area contributed by atoms with Gasteiger partial charge in [-0.15, -0.1) is 0 Å². The third kappa shape index (κ3) is 3.46. The van der Waals surface area contributed by atoms with Gasteiger partial charge in [0, 0.05) is 18.4 Å². The number of aliphatic hydroxyl groups excluding tert-OH is 1. The summed E-state index contributed by atoms with van der Waals surface area (Å²) in [5.41, 5.74) is 1.55. The third-order valence-electron chi connectivity index (χ3n) is 3.65. The highest BCUT2D eigenvalue weighted by atomic mass is 35.5. The second-order valence-corrected chi connectivity index (χ2v) is 5.48. The molecule has 0 amide bonds. The lowest BCUT2D eigenvalue weighted by Crippen LogP contribution is -2.28. The van der Waals surface area contributed by atoms with Crippen molar-refractivity contribution >= 4 is 17.4 Å². The van der Waals surface area contributed by atoms with Gasteiger partial charge in [0.15, 0.2) is 0 Å². The van der Waals surface area contributed by atoms with Crippen molar-refractivity contribution in [2.75, 3.05) is 5.32 Å². The molecule has 2 aromatic heterocycles. The molecule has 0 atom stereocenters. The predicted molar refractivity (Wildman–Crippen MR) is 80.0 cm³/mol. The van der Waals surface area contributed by atoms with E-state index in [0.29, 0.717) is 5.82 Å². The Labute approximate surface area is 127 Å². The van der Waals surface area contributed by atoms with Crippen LogP contribution in [0.4, 0.5) is 5.82 Å². The zero-order valence-electron chi connectivity index (χ0n) is 11.4. The highest BCUT2D eigenvalue weighted by molar-refractivity contribution is 6.28. The van der Waals surface area contributed by atoms with E-state index < -0.39 is 0 Å². The highest BCUT2D eigenvalue weighted by Crippen LogP contribution is 2.28. The van der Waals surface area contributed by atoms with E-state index in [-0.39, 0.29) is 17.4 Å². The van der Waals surface area contributed by atoms with Gasteiger partial charge in [-0.05, 0) is 43.4 Å². The van der Waals surface area contributed by atoms with E-state index >= 15 is 0 Å². The zero-order valence-corrected chi connectivity index (χ0v) is 12.2. The van der Waals surface area contributed by atoms with E-state index in [4.69, 9.17) is 11.6 Å².